The summed E-state index contributed by atoms with van der Waals surface area (Å²) in [7, 11) is 0. The number of benzene rings is 2. The van der Waals surface area contributed by atoms with Gasteiger partial charge in [0.25, 0.3) is 17.5 Å². The Balaban J connectivity index is 1.71. The smallest absolute Gasteiger partial charge is 0.282 e. The van der Waals surface area contributed by atoms with Crippen LogP contribution in [0.1, 0.15) is 27.1 Å². The normalized spacial score (nSPS) is 12.9. The fourth-order valence-electron chi connectivity index (χ4n) is 2.69. The second-order valence-electron chi connectivity index (χ2n) is 5.64. The minimum Gasteiger partial charge on any atom is -0.324 e. The number of rotatable bonds is 5. The highest BCUT2D eigenvalue weighted by Crippen LogP contribution is 2.30. The molecule has 0 saturated heterocycles. The van der Waals surface area contributed by atoms with E-state index >= 15 is 0 Å². The Bertz CT molecular complexity index is 995. The molecule has 0 radical (unpaired) electrons. The van der Waals surface area contributed by atoms with Crippen molar-refractivity contribution >= 4 is 40.7 Å². The molecule has 138 valence electrons. The molecule has 0 aliphatic carbocycles. The molecular weight excluding hydrogens is 381 g/mol. The number of carbonyl (C=O) groups excluding carboxylic acids is 3. The van der Waals surface area contributed by atoms with Crippen LogP contribution < -0.4 is 5.32 Å². The van der Waals surface area contributed by atoms with Crippen LogP contribution in [0.4, 0.5) is 15.8 Å². The van der Waals surface area contributed by atoms with Crippen LogP contribution in [0.25, 0.3) is 0 Å². The molecule has 0 saturated carbocycles. The molecule has 0 spiro atoms. The lowest BCUT2D eigenvalue weighted by Gasteiger charge is -2.13. The summed E-state index contributed by atoms with van der Waals surface area (Å²) < 4.78 is 13.7. The predicted octanol–water partition coefficient (Wildman–Crippen LogP) is 3.01. The molecule has 0 bridgehead atoms. The van der Waals surface area contributed by atoms with E-state index in [1.54, 1.807) is 0 Å². The zero-order valence-corrected chi connectivity index (χ0v) is 14.3. The number of nitro benzene ring substituents is 1. The van der Waals surface area contributed by atoms with Crippen LogP contribution in [0.15, 0.2) is 36.4 Å². The average Bonchev–Trinajstić information content (AvgIpc) is 2.86. The van der Waals surface area contributed by atoms with Crippen LogP contribution in [0.5, 0.6) is 0 Å². The lowest BCUT2D eigenvalue weighted by molar-refractivity contribution is -0.385. The number of carbonyl (C=O) groups is 3. The molecule has 0 fully saturated rings. The van der Waals surface area contributed by atoms with Gasteiger partial charge in [-0.25, -0.2) is 4.39 Å². The van der Waals surface area contributed by atoms with Gasteiger partial charge in [0, 0.05) is 24.1 Å². The van der Waals surface area contributed by atoms with Gasteiger partial charge in [-0.1, -0.05) is 17.7 Å². The first-order valence-corrected chi connectivity index (χ1v) is 8.06. The van der Waals surface area contributed by atoms with Crippen molar-refractivity contribution in [2.24, 2.45) is 0 Å². The van der Waals surface area contributed by atoms with Crippen molar-refractivity contribution in [3.05, 3.63) is 68.5 Å². The summed E-state index contributed by atoms with van der Waals surface area (Å²) in [6, 6.07) is 7.45. The third-order valence-corrected chi connectivity index (χ3v) is 4.18. The van der Waals surface area contributed by atoms with E-state index in [-0.39, 0.29) is 34.8 Å². The van der Waals surface area contributed by atoms with E-state index in [2.05, 4.69) is 5.32 Å². The van der Waals surface area contributed by atoms with E-state index in [4.69, 9.17) is 11.6 Å². The average molecular weight is 392 g/mol. The fourth-order valence-corrected chi connectivity index (χ4v) is 2.85. The number of nitrogens with one attached hydrogen (secondary N) is 1. The van der Waals surface area contributed by atoms with Crippen LogP contribution in [-0.2, 0) is 4.79 Å². The van der Waals surface area contributed by atoms with Crippen molar-refractivity contribution < 1.29 is 23.7 Å². The largest absolute Gasteiger partial charge is 0.324 e. The number of imide groups is 1. The number of fused-ring (bicyclic) bond motifs is 1. The standard InChI is InChI=1S/C17H11ClFN3O5/c18-9-4-5-12(11(19)8-9)20-14(23)6-7-21-16(24)10-2-1-3-13(22(26)27)15(10)17(21)25/h1-5,8H,6-7H2,(H,20,23). The number of amides is 3. The first-order valence-electron chi connectivity index (χ1n) is 7.68. The molecule has 3 amide bonds. The molecule has 0 atom stereocenters. The number of hydrogen-bond donors (Lipinski definition) is 1. The Morgan fingerprint density at radius 1 is 1.22 bits per heavy atom. The molecule has 1 heterocycles. The van der Waals surface area contributed by atoms with Gasteiger partial charge in [0.05, 0.1) is 16.2 Å². The topological polar surface area (TPSA) is 110 Å². The fraction of sp³-hybridized carbons (Fsp3) is 0.118. The van der Waals surface area contributed by atoms with Crippen LogP contribution in [0, 0.1) is 15.9 Å². The maximum atomic E-state index is 13.7. The Hall–Kier alpha value is -3.33. The van der Waals surface area contributed by atoms with E-state index in [9.17, 15) is 28.9 Å². The summed E-state index contributed by atoms with van der Waals surface area (Å²) in [5.41, 5.74) is -0.946. The van der Waals surface area contributed by atoms with Gasteiger partial charge in [0.15, 0.2) is 0 Å². The highest BCUT2D eigenvalue weighted by Gasteiger charge is 2.40. The lowest BCUT2D eigenvalue weighted by atomic mass is 10.1. The molecule has 3 rings (SSSR count). The lowest BCUT2D eigenvalue weighted by Crippen LogP contribution is -2.33. The van der Waals surface area contributed by atoms with Crippen molar-refractivity contribution in [1.29, 1.82) is 0 Å². The van der Waals surface area contributed by atoms with Crippen LogP contribution in [0.2, 0.25) is 5.02 Å². The third-order valence-electron chi connectivity index (χ3n) is 3.94. The molecule has 1 aliphatic heterocycles. The monoisotopic (exact) mass is 391 g/mol. The number of nitrogens with zero attached hydrogens (tertiary/aromatic N) is 2. The van der Waals surface area contributed by atoms with Crippen molar-refractivity contribution in [2.75, 3.05) is 11.9 Å². The van der Waals surface area contributed by atoms with E-state index < -0.39 is 34.1 Å². The van der Waals surface area contributed by atoms with E-state index in [0.717, 1.165) is 17.0 Å². The Morgan fingerprint density at radius 3 is 2.63 bits per heavy atom. The van der Waals surface area contributed by atoms with Gasteiger partial charge in [-0.2, -0.15) is 0 Å². The first-order chi connectivity index (χ1) is 12.8. The summed E-state index contributed by atoms with van der Waals surface area (Å²) in [5.74, 6) is -2.92. The second kappa shape index (κ2) is 7.12. The van der Waals surface area contributed by atoms with Gasteiger partial charge in [-0.3, -0.25) is 29.4 Å². The zero-order valence-electron chi connectivity index (χ0n) is 13.6. The molecule has 2 aromatic carbocycles. The van der Waals surface area contributed by atoms with Crippen LogP contribution in [-0.4, -0.2) is 34.1 Å². The second-order valence-corrected chi connectivity index (χ2v) is 6.08. The van der Waals surface area contributed by atoms with Gasteiger partial charge in [0.1, 0.15) is 11.4 Å². The number of nitro groups is 1. The van der Waals surface area contributed by atoms with Gasteiger partial charge < -0.3 is 5.32 Å². The maximum Gasteiger partial charge on any atom is 0.282 e. The molecular formula is C17H11ClFN3O5. The Labute approximate surface area is 156 Å². The number of halogens is 2. The van der Waals surface area contributed by atoms with Crippen molar-refractivity contribution in [2.45, 2.75) is 6.42 Å². The minimum absolute atomic E-state index is 0.0849. The van der Waals surface area contributed by atoms with Gasteiger partial charge >= 0.3 is 0 Å². The molecule has 2 aromatic rings. The maximum absolute atomic E-state index is 13.7. The Kier molecular flexibility index (Phi) is 4.87. The molecule has 0 aromatic heterocycles. The number of hydrogen-bond acceptors (Lipinski definition) is 5. The third kappa shape index (κ3) is 3.49. The number of anilines is 1. The quantitative estimate of drug-likeness (QED) is 0.478. The molecule has 1 aliphatic rings. The van der Waals surface area contributed by atoms with Crippen LogP contribution >= 0.6 is 11.6 Å². The van der Waals surface area contributed by atoms with Crippen molar-refractivity contribution in [3.8, 4) is 0 Å². The molecule has 0 unspecified atom stereocenters. The van der Waals surface area contributed by atoms with E-state index in [0.29, 0.717) is 0 Å². The predicted molar refractivity (Wildman–Crippen MR) is 93.1 cm³/mol. The van der Waals surface area contributed by atoms with Gasteiger partial charge in [-0.15, -0.1) is 0 Å². The molecule has 10 heteroatoms. The first kappa shape index (κ1) is 18.5. The summed E-state index contributed by atoms with van der Waals surface area (Å²) in [5, 5.41) is 13.5. The summed E-state index contributed by atoms with van der Waals surface area (Å²) in [6.07, 6.45) is -0.304. The zero-order chi connectivity index (χ0) is 19.7. The summed E-state index contributed by atoms with van der Waals surface area (Å²) >= 11 is 5.63. The summed E-state index contributed by atoms with van der Waals surface area (Å²) in [6.45, 7) is -0.301. The van der Waals surface area contributed by atoms with E-state index in [1.807, 2.05) is 0 Å². The van der Waals surface area contributed by atoms with Gasteiger partial charge in [0.2, 0.25) is 5.91 Å². The highest BCUT2D eigenvalue weighted by molar-refractivity contribution is 6.30. The Morgan fingerprint density at radius 2 is 1.96 bits per heavy atom. The van der Waals surface area contributed by atoms with Crippen molar-refractivity contribution in [1.82, 2.24) is 4.90 Å². The van der Waals surface area contributed by atoms with Gasteiger partial charge in [-0.05, 0) is 24.3 Å². The highest BCUT2D eigenvalue weighted by atomic mass is 35.5. The minimum atomic E-state index is -0.840. The molecule has 1 N–H and O–H groups in total. The molecule has 27 heavy (non-hydrogen) atoms. The van der Waals surface area contributed by atoms with E-state index in [1.165, 1.54) is 24.3 Å². The summed E-state index contributed by atoms with van der Waals surface area (Å²) in [4.78, 5) is 47.8. The SMILES string of the molecule is O=C(CCN1C(=O)c2cccc([N+](=O)[O-])c2C1=O)Nc1ccc(Cl)cc1F. The van der Waals surface area contributed by atoms with Crippen LogP contribution in [0.3, 0.4) is 0 Å². The molecule has 8 nitrogen and oxygen atoms in total. The van der Waals surface area contributed by atoms with Crippen molar-refractivity contribution in [3.63, 3.8) is 0 Å².